The molecule has 0 saturated heterocycles. The summed E-state index contributed by atoms with van der Waals surface area (Å²) in [4.78, 5) is 20.8. The van der Waals surface area contributed by atoms with E-state index in [-0.39, 0.29) is 5.56 Å². The number of aromatic carboxylic acids is 1. The quantitative estimate of drug-likeness (QED) is 0.796. The van der Waals surface area contributed by atoms with E-state index < -0.39 is 5.97 Å². The van der Waals surface area contributed by atoms with Crippen molar-refractivity contribution in [2.75, 3.05) is 18.0 Å². The van der Waals surface area contributed by atoms with Crippen LogP contribution < -0.4 is 4.90 Å². The fraction of sp³-hybridized carbons (Fsp3) is 0.545. The standard InChI is InChI=1S/C11H17N3O2/c1-3-5-6-14(4-2)11-12-7-9(8-13-11)10(15)16/h7-8H,3-6H2,1-2H3,(H,15,16). The maximum absolute atomic E-state index is 10.6. The van der Waals surface area contributed by atoms with Crippen molar-refractivity contribution in [2.45, 2.75) is 26.7 Å². The molecule has 88 valence electrons. The summed E-state index contributed by atoms with van der Waals surface area (Å²) in [7, 11) is 0. The van der Waals surface area contributed by atoms with E-state index in [2.05, 4.69) is 16.9 Å². The average Bonchev–Trinajstić information content (AvgIpc) is 2.30. The monoisotopic (exact) mass is 223 g/mol. The highest BCUT2D eigenvalue weighted by molar-refractivity contribution is 5.86. The molecule has 0 aromatic carbocycles. The number of nitrogens with zero attached hydrogens (tertiary/aromatic N) is 3. The third-order valence-corrected chi connectivity index (χ3v) is 2.33. The van der Waals surface area contributed by atoms with Gasteiger partial charge in [-0.2, -0.15) is 0 Å². The molecular formula is C11H17N3O2. The molecule has 0 saturated carbocycles. The number of carboxylic acid groups (broad SMARTS) is 1. The van der Waals surface area contributed by atoms with Gasteiger partial charge in [-0.1, -0.05) is 13.3 Å². The van der Waals surface area contributed by atoms with Crippen molar-refractivity contribution in [1.82, 2.24) is 9.97 Å². The van der Waals surface area contributed by atoms with Gasteiger partial charge in [-0.15, -0.1) is 0 Å². The van der Waals surface area contributed by atoms with Gasteiger partial charge in [-0.05, 0) is 13.3 Å². The number of carbonyl (C=O) groups is 1. The Morgan fingerprint density at radius 1 is 1.38 bits per heavy atom. The summed E-state index contributed by atoms with van der Waals surface area (Å²) in [6, 6.07) is 0. The fourth-order valence-electron chi connectivity index (χ4n) is 1.34. The maximum atomic E-state index is 10.6. The van der Waals surface area contributed by atoms with Crippen molar-refractivity contribution in [2.24, 2.45) is 0 Å². The Kier molecular flexibility index (Phi) is 4.69. The Bertz CT molecular complexity index is 338. The summed E-state index contributed by atoms with van der Waals surface area (Å²) in [6.45, 7) is 5.89. The molecule has 0 spiro atoms. The van der Waals surface area contributed by atoms with Crippen LogP contribution in [0.2, 0.25) is 0 Å². The topological polar surface area (TPSA) is 66.3 Å². The Balaban J connectivity index is 2.74. The van der Waals surface area contributed by atoms with Crippen LogP contribution in [0.1, 0.15) is 37.0 Å². The van der Waals surface area contributed by atoms with Gasteiger partial charge in [0, 0.05) is 25.5 Å². The normalized spacial score (nSPS) is 10.1. The smallest absolute Gasteiger partial charge is 0.338 e. The lowest BCUT2D eigenvalue weighted by Gasteiger charge is -2.19. The summed E-state index contributed by atoms with van der Waals surface area (Å²) < 4.78 is 0. The van der Waals surface area contributed by atoms with Gasteiger partial charge in [0.25, 0.3) is 0 Å². The third kappa shape index (κ3) is 3.18. The first-order valence-corrected chi connectivity index (χ1v) is 5.49. The predicted octanol–water partition coefficient (Wildman–Crippen LogP) is 1.80. The molecule has 1 heterocycles. The second-order valence-corrected chi connectivity index (χ2v) is 3.51. The molecule has 0 aliphatic heterocycles. The first-order chi connectivity index (χ1) is 7.69. The second-order valence-electron chi connectivity index (χ2n) is 3.51. The molecule has 5 nitrogen and oxygen atoms in total. The molecule has 0 radical (unpaired) electrons. The maximum Gasteiger partial charge on any atom is 0.338 e. The van der Waals surface area contributed by atoms with Crippen LogP contribution in [-0.2, 0) is 0 Å². The van der Waals surface area contributed by atoms with E-state index in [4.69, 9.17) is 5.11 Å². The van der Waals surface area contributed by atoms with Gasteiger partial charge in [-0.25, -0.2) is 14.8 Å². The molecule has 1 aromatic rings. The molecule has 0 unspecified atom stereocenters. The highest BCUT2D eigenvalue weighted by atomic mass is 16.4. The zero-order valence-corrected chi connectivity index (χ0v) is 9.68. The van der Waals surface area contributed by atoms with Crippen LogP contribution >= 0.6 is 0 Å². The van der Waals surface area contributed by atoms with Gasteiger partial charge in [-0.3, -0.25) is 0 Å². The number of hydrogen-bond donors (Lipinski definition) is 1. The van der Waals surface area contributed by atoms with Crippen molar-refractivity contribution < 1.29 is 9.90 Å². The van der Waals surface area contributed by atoms with Crippen molar-refractivity contribution in [1.29, 1.82) is 0 Å². The minimum atomic E-state index is -0.997. The highest BCUT2D eigenvalue weighted by Crippen LogP contribution is 2.08. The molecule has 1 aromatic heterocycles. The van der Waals surface area contributed by atoms with Crippen LogP contribution in [0.15, 0.2) is 12.4 Å². The molecule has 0 bridgehead atoms. The highest BCUT2D eigenvalue weighted by Gasteiger charge is 2.08. The average molecular weight is 223 g/mol. The van der Waals surface area contributed by atoms with E-state index >= 15 is 0 Å². The molecule has 0 amide bonds. The van der Waals surface area contributed by atoms with E-state index in [1.807, 2.05) is 11.8 Å². The van der Waals surface area contributed by atoms with Gasteiger partial charge in [0.2, 0.25) is 5.95 Å². The Hall–Kier alpha value is -1.65. The summed E-state index contributed by atoms with van der Waals surface area (Å²) in [6.07, 6.45) is 4.89. The van der Waals surface area contributed by atoms with E-state index in [1.165, 1.54) is 12.4 Å². The number of aromatic nitrogens is 2. The van der Waals surface area contributed by atoms with Crippen LogP contribution in [0.25, 0.3) is 0 Å². The first kappa shape index (κ1) is 12.4. The largest absolute Gasteiger partial charge is 0.478 e. The van der Waals surface area contributed by atoms with Crippen LogP contribution in [-0.4, -0.2) is 34.1 Å². The second kappa shape index (κ2) is 6.05. The number of anilines is 1. The summed E-state index contributed by atoms with van der Waals surface area (Å²) in [5.41, 5.74) is 0.121. The number of hydrogen-bond acceptors (Lipinski definition) is 4. The Morgan fingerprint density at radius 2 is 2.00 bits per heavy atom. The van der Waals surface area contributed by atoms with Gasteiger partial charge < -0.3 is 10.0 Å². The summed E-state index contributed by atoms with van der Waals surface area (Å²) >= 11 is 0. The first-order valence-electron chi connectivity index (χ1n) is 5.49. The molecule has 16 heavy (non-hydrogen) atoms. The molecular weight excluding hydrogens is 206 g/mol. The van der Waals surface area contributed by atoms with Crippen LogP contribution in [0, 0.1) is 0 Å². The SMILES string of the molecule is CCCCN(CC)c1ncc(C(=O)O)cn1. The lowest BCUT2D eigenvalue weighted by molar-refractivity contribution is 0.0696. The predicted molar refractivity (Wildman–Crippen MR) is 61.8 cm³/mol. The molecule has 0 aliphatic rings. The van der Waals surface area contributed by atoms with Gasteiger partial charge in [0.1, 0.15) is 0 Å². The zero-order chi connectivity index (χ0) is 12.0. The van der Waals surface area contributed by atoms with Crippen LogP contribution in [0.3, 0.4) is 0 Å². The number of unbranched alkanes of at least 4 members (excludes halogenated alkanes) is 1. The van der Waals surface area contributed by atoms with E-state index in [1.54, 1.807) is 0 Å². The lowest BCUT2D eigenvalue weighted by Crippen LogP contribution is -2.26. The molecule has 0 atom stereocenters. The van der Waals surface area contributed by atoms with Crippen molar-refractivity contribution >= 4 is 11.9 Å². The lowest BCUT2D eigenvalue weighted by atomic mass is 10.3. The Morgan fingerprint density at radius 3 is 2.44 bits per heavy atom. The van der Waals surface area contributed by atoms with Crippen molar-refractivity contribution in [3.8, 4) is 0 Å². The van der Waals surface area contributed by atoms with Crippen LogP contribution in [0.5, 0.6) is 0 Å². The molecule has 0 aliphatic carbocycles. The van der Waals surface area contributed by atoms with Crippen LogP contribution in [0.4, 0.5) is 5.95 Å². The van der Waals surface area contributed by atoms with Gasteiger partial charge in [0.15, 0.2) is 0 Å². The van der Waals surface area contributed by atoms with Gasteiger partial charge >= 0.3 is 5.97 Å². The minimum absolute atomic E-state index is 0.121. The summed E-state index contributed by atoms with van der Waals surface area (Å²) in [5, 5.41) is 8.72. The zero-order valence-electron chi connectivity index (χ0n) is 9.68. The summed E-state index contributed by atoms with van der Waals surface area (Å²) in [5.74, 6) is -0.399. The van der Waals surface area contributed by atoms with E-state index in [0.717, 1.165) is 25.9 Å². The molecule has 5 heteroatoms. The van der Waals surface area contributed by atoms with E-state index in [0.29, 0.717) is 5.95 Å². The third-order valence-electron chi connectivity index (χ3n) is 2.33. The molecule has 1 N–H and O–H groups in total. The molecule has 0 fully saturated rings. The Labute approximate surface area is 95.1 Å². The minimum Gasteiger partial charge on any atom is -0.478 e. The van der Waals surface area contributed by atoms with Gasteiger partial charge in [0.05, 0.1) is 5.56 Å². The van der Waals surface area contributed by atoms with E-state index in [9.17, 15) is 4.79 Å². The molecule has 1 rings (SSSR count). The van der Waals surface area contributed by atoms with Crippen molar-refractivity contribution in [3.63, 3.8) is 0 Å². The number of rotatable bonds is 6. The van der Waals surface area contributed by atoms with Crippen molar-refractivity contribution in [3.05, 3.63) is 18.0 Å². The fourth-order valence-corrected chi connectivity index (χ4v) is 1.34. The number of carboxylic acids is 1.